The van der Waals surface area contributed by atoms with Crippen LogP contribution in [0.2, 0.25) is 9.76 Å². The molecule has 0 aromatic heterocycles. The van der Waals surface area contributed by atoms with E-state index in [1.165, 1.54) is 32.7 Å². The van der Waals surface area contributed by atoms with Crippen LogP contribution in [-0.2, 0) is 20.4 Å². The maximum absolute atomic E-state index is 13.6. The van der Waals surface area contributed by atoms with E-state index in [4.69, 9.17) is 0 Å². The summed E-state index contributed by atoms with van der Waals surface area (Å²) in [6.07, 6.45) is 0. The van der Waals surface area contributed by atoms with Gasteiger partial charge in [0.2, 0.25) is 0 Å². The first-order valence-corrected chi connectivity index (χ1v) is 13.2. The Morgan fingerprint density at radius 3 is 1.61 bits per heavy atom. The van der Waals surface area contributed by atoms with Crippen LogP contribution in [0.3, 0.4) is 0 Å². The molecule has 170 valence electrons. The summed E-state index contributed by atoms with van der Waals surface area (Å²) in [6, 6.07) is 30.2. The summed E-state index contributed by atoms with van der Waals surface area (Å²) >= 11 is 2.40. The normalized spacial score (nSPS) is 17.4. The van der Waals surface area contributed by atoms with Crippen LogP contribution in [0.5, 0.6) is 0 Å². The van der Waals surface area contributed by atoms with Gasteiger partial charge in [-0.3, -0.25) is 0 Å². The Hall–Kier alpha value is -1.13. The van der Waals surface area contributed by atoms with Gasteiger partial charge in [-0.2, -0.15) is 0 Å². The summed E-state index contributed by atoms with van der Waals surface area (Å²) in [5, 5.41) is 2.94. The molecule has 0 amide bonds. The van der Waals surface area contributed by atoms with Gasteiger partial charge in [-0.25, -0.2) is 0 Å². The van der Waals surface area contributed by atoms with Crippen LogP contribution < -0.4 is 47.6 Å². The number of hydrogen-bond acceptors (Lipinski definition) is 0. The maximum Gasteiger partial charge on any atom is -1.00 e. The van der Waals surface area contributed by atoms with Gasteiger partial charge in [0, 0.05) is 0 Å². The minimum absolute atomic E-state index is 0. The number of rotatable bonds is 5. The second kappa shape index (κ2) is 12.5. The van der Waals surface area contributed by atoms with Crippen molar-refractivity contribution in [3.63, 3.8) is 0 Å². The third kappa shape index (κ3) is 5.93. The minimum Gasteiger partial charge on any atom is -1.00 e. The summed E-state index contributed by atoms with van der Waals surface area (Å²) < 4.78 is 13.6. The van der Waals surface area contributed by atoms with Crippen LogP contribution in [-0.4, -0.2) is 8.80 Å². The van der Waals surface area contributed by atoms with Gasteiger partial charge in [-0.1, -0.05) is 0 Å². The van der Waals surface area contributed by atoms with Crippen molar-refractivity contribution in [3.05, 3.63) is 113 Å². The predicted octanol–water partition coefficient (Wildman–Crippen LogP) is -3.29. The number of benzene rings is 3. The molecule has 1 unspecified atom stereocenters. The molecule has 0 heterocycles. The second-order valence-corrected chi connectivity index (χ2v) is 12.4. The van der Waals surface area contributed by atoms with E-state index >= 15 is 0 Å². The molecule has 4 rings (SSSR count). The monoisotopic (exact) mass is 550 g/mol. The van der Waals surface area contributed by atoms with E-state index in [0.717, 1.165) is 11.6 Å². The average molecular weight is 552 g/mol. The van der Waals surface area contributed by atoms with Gasteiger partial charge in [-0.15, -0.1) is 0 Å². The van der Waals surface area contributed by atoms with Crippen molar-refractivity contribution in [1.82, 2.24) is 0 Å². The largest absolute Gasteiger partial charge is 1.00 e. The van der Waals surface area contributed by atoms with E-state index in [1.807, 2.05) is 12.1 Å². The molecule has 0 bridgehead atoms. The zero-order valence-corrected chi connectivity index (χ0v) is 23.9. The summed E-state index contributed by atoms with van der Waals surface area (Å²) in [5.41, 5.74) is 6.67. The molecular weight excluding hydrogens is 526 g/mol. The fourth-order valence-corrected chi connectivity index (χ4v) is 9.86. The topological polar surface area (TPSA) is 0 Å². The van der Waals surface area contributed by atoms with E-state index in [1.54, 1.807) is 12.1 Å². The van der Waals surface area contributed by atoms with E-state index in [-0.39, 0.29) is 46.8 Å². The Bertz CT molecular complexity index is 1080. The minimum atomic E-state index is -1.48. The van der Waals surface area contributed by atoms with Crippen molar-refractivity contribution in [1.29, 1.82) is 0 Å². The third-order valence-corrected chi connectivity index (χ3v) is 11.9. The Kier molecular flexibility index (Phi) is 11.4. The molecule has 1 aliphatic rings. The van der Waals surface area contributed by atoms with Gasteiger partial charge in [0.1, 0.15) is 0 Å². The fourth-order valence-electron chi connectivity index (χ4n) is 4.74. The maximum atomic E-state index is 13.6. The first-order valence-electron chi connectivity index (χ1n) is 10.4. The molecule has 0 N–H and O–H groups in total. The van der Waals surface area contributed by atoms with Gasteiger partial charge in [0.15, 0.2) is 0 Å². The quantitative estimate of drug-likeness (QED) is 0.292. The third-order valence-electron chi connectivity index (χ3n) is 6.61. The molecule has 33 heavy (non-hydrogen) atoms. The Balaban J connectivity index is 0.00000181. The predicted molar refractivity (Wildman–Crippen MR) is 124 cm³/mol. The SMILES string of the molecule is CC1=C(C)[C]([Ti+3])(C[SiH](c2ccccc2)c2ccccc2)C(c2ccc(F)cc2)=C1C.[Cl-].[Cl-].[Cl-]. The standard InChI is InChI=1S/C27H26FSi.3ClH.Ti/c1-19-20(2)26(27(21(19)3)22-14-16-23(28)17-15-22)18-29(24-10-6-4-7-11-24)25-12-8-5-9-13-25;;;;/h4-17,29H,18H2,1-3H3;3*1H;/q;;;;+3/p-3. The number of halogens is 4. The van der Waals surface area contributed by atoms with E-state index < -0.39 is 8.80 Å². The second-order valence-electron chi connectivity index (χ2n) is 8.24. The molecule has 6 heteroatoms. The molecule has 0 aliphatic heterocycles. The van der Waals surface area contributed by atoms with Crippen LogP contribution in [0.1, 0.15) is 26.3 Å². The molecule has 0 spiro atoms. The van der Waals surface area contributed by atoms with E-state index in [0.29, 0.717) is 0 Å². The van der Waals surface area contributed by atoms with Gasteiger partial charge in [0.05, 0.1) is 0 Å². The molecule has 0 fully saturated rings. The van der Waals surface area contributed by atoms with Gasteiger partial charge in [-0.05, 0) is 0 Å². The summed E-state index contributed by atoms with van der Waals surface area (Å²) in [4.78, 5) is 0. The fraction of sp³-hybridized carbons (Fsp3) is 0.185. The van der Waals surface area contributed by atoms with Crippen molar-refractivity contribution >= 4 is 24.7 Å². The first-order chi connectivity index (χ1) is 14.4. The van der Waals surface area contributed by atoms with Gasteiger partial charge >= 0.3 is 193 Å². The van der Waals surface area contributed by atoms with Crippen LogP contribution in [0.25, 0.3) is 5.57 Å². The number of hydrogen-bond donors (Lipinski definition) is 0. The summed E-state index contributed by atoms with van der Waals surface area (Å²) in [5.74, 6) is -0.182. The van der Waals surface area contributed by atoms with Gasteiger partial charge < -0.3 is 37.2 Å². The Labute approximate surface area is 229 Å². The molecule has 0 radical (unpaired) electrons. The van der Waals surface area contributed by atoms with E-state index in [2.05, 4.69) is 102 Å². The zero-order chi connectivity index (χ0) is 21.3. The molecular formula is C27H26Cl3FSiTi. The van der Waals surface area contributed by atoms with Gasteiger partial charge in [0.25, 0.3) is 0 Å². The Morgan fingerprint density at radius 1 is 0.697 bits per heavy atom. The smallest absolute Gasteiger partial charge is 1.00 e. The van der Waals surface area contributed by atoms with Crippen molar-refractivity contribution in [2.75, 3.05) is 0 Å². The van der Waals surface area contributed by atoms with Crippen LogP contribution in [0, 0.1) is 5.82 Å². The zero-order valence-electron chi connectivity index (χ0n) is 18.9. The summed E-state index contributed by atoms with van der Waals surface area (Å²) in [7, 11) is -1.48. The van der Waals surface area contributed by atoms with Crippen LogP contribution in [0.4, 0.5) is 4.39 Å². The molecule has 0 saturated heterocycles. The van der Waals surface area contributed by atoms with Crippen molar-refractivity contribution in [2.24, 2.45) is 0 Å². The molecule has 3 aromatic rings. The van der Waals surface area contributed by atoms with Crippen molar-refractivity contribution in [3.8, 4) is 0 Å². The molecule has 1 aliphatic carbocycles. The average Bonchev–Trinajstić information content (AvgIpc) is 2.94. The van der Waals surface area contributed by atoms with Crippen molar-refractivity contribution < 1.29 is 62.0 Å². The first kappa shape index (κ1) is 29.9. The van der Waals surface area contributed by atoms with Crippen LogP contribution >= 0.6 is 0 Å². The molecule has 0 nitrogen and oxygen atoms in total. The number of allylic oxidation sites excluding steroid dienone is 4. The molecule has 0 saturated carbocycles. The van der Waals surface area contributed by atoms with E-state index in [9.17, 15) is 4.39 Å². The molecule has 1 atom stereocenters. The van der Waals surface area contributed by atoms with Crippen LogP contribution in [0.15, 0.2) is 102 Å². The Morgan fingerprint density at radius 2 is 1.15 bits per heavy atom. The summed E-state index contributed by atoms with van der Waals surface area (Å²) in [6.45, 7) is 6.75. The molecule has 3 aromatic carbocycles. The van der Waals surface area contributed by atoms with Crippen molar-refractivity contribution in [2.45, 2.75) is 30.5 Å².